The molecule has 1 N–H and O–H groups in total. The number of rotatable bonds is 3. The van der Waals surface area contributed by atoms with Gasteiger partial charge in [0, 0.05) is 18.8 Å². The monoisotopic (exact) mass is 270 g/mol. The van der Waals surface area contributed by atoms with Gasteiger partial charge in [-0.05, 0) is 39.9 Å². The number of hydrogen-bond donors (Lipinski definition) is 1. The normalized spacial score (nSPS) is 17.9. The lowest BCUT2D eigenvalue weighted by Crippen LogP contribution is -2.43. The molecule has 100 valence electrons. The first-order valence-corrected chi connectivity index (χ1v) is 6.70. The molecule has 6 heteroatoms. The molecule has 18 heavy (non-hydrogen) atoms. The highest BCUT2D eigenvalue weighted by atomic mass is 35.5. The number of carbonyl (C=O) groups excluding carboxylic acids is 1. The smallest absolute Gasteiger partial charge is 0.273 e. The summed E-state index contributed by atoms with van der Waals surface area (Å²) in [4.78, 5) is 14.3. The summed E-state index contributed by atoms with van der Waals surface area (Å²) < 4.78 is 1.67. The van der Waals surface area contributed by atoms with Crippen LogP contribution in [-0.4, -0.2) is 46.8 Å². The average molecular weight is 271 g/mol. The molecule has 0 spiro atoms. The second-order valence-electron chi connectivity index (χ2n) is 4.73. The lowest BCUT2D eigenvalue weighted by atomic mass is 10.1. The number of likely N-dealkylation sites (tertiary alicyclic amines) is 1. The van der Waals surface area contributed by atoms with Gasteiger partial charge in [-0.3, -0.25) is 9.48 Å². The van der Waals surface area contributed by atoms with Crippen molar-refractivity contribution in [3.8, 4) is 0 Å². The molecule has 1 amide bonds. The minimum Gasteiger partial charge on any atom is -0.348 e. The standard InChI is InChI=1S/C12H19ClN4O/c1-3-17-8-10(13)11(15-17)12(18)14-9-4-6-16(2)7-5-9/h8-9H,3-7H2,1-2H3,(H,14,18). The number of aryl methyl sites for hydroxylation is 1. The zero-order valence-corrected chi connectivity index (χ0v) is 11.6. The van der Waals surface area contributed by atoms with Gasteiger partial charge in [-0.25, -0.2) is 0 Å². The summed E-state index contributed by atoms with van der Waals surface area (Å²) >= 11 is 6.01. The predicted octanol–water partition coefficient (Wildman–Crippen LogP) is 1.38. The molecule has 0 bridgehead atoms. The fourth-order valence-corrected chi connectivity index (χ4v) is 2.36. The maximum absolute atomic E-state index is 12.1. The Labute approximate surface area is 112 Å². The Morgan fingerprint density at radius 3 is 2.78 bits per heavy atom. The van der Waals surface area contributed by atoms with Crippen molar-refractivity contribution >= 4 is 17.5 Å². The summed E-state index contributed by atoms with van der Waals surface area (Å²) in [7, 11) is 2.10. The molecule has 2 rings (SSSR count). The third kappa shape index (κ3) is 3.03. The molecule has 0 saturated carbocycles. The van der Waals surface area contributed by atoms with Crippen LogP contribution >= 0.6 is 11.6 Å². The predicted molar refractivity (Wildman–Crippen MR) is 70.9 cm³/mol. The van der Waals surface area contributed by atoms with E-state index in [0.717, 1.165) is 25.9 Å². The van der Waals surface area contributed by atoms with Gasteiger partial charge < -0.3 is 10.2 Å². The lowest BCUT2D eigenvalue weighted by molar-refractivity contribution is 0.0911. The molecule has 0 radical (unpaired) electrons. The SMILES string of the molecule is CCn1cc(Cl)c(C(=O)NC2CCN(C)CC2)n1. The highest BCUT2D eigenvalue weighted by Gasteiger charge is 2.22. The van der Waals surface area contributed by atoms with Gasteiger partial charge in [-0.1, -0.05) is 11.6 Å². The van der Waals surface area contributed by atoms with Crippen molar-refractivity contribution in [3.63, 3.8) is 0 Å². The lowest BCUT2D eigenvalue weighted by Gasteiger charge is -2.29. The van der Waals surface area contributed by atoms with Crippen LogP contribution in [0.3, 0.4) is 0 Å². The Balaban J connectivity index is 1.96. The van der Waals surface area contributed by atoms with Gasteiger partial charge in [0.15, 0.2) is 5.69 Å². The highest BCUT2D eigenvalue weighted by Crippen LogP contribution is 2.15. The van der Waals surface area contributed by atoms with E-state index < -0.39 is 0 Å². The van der Waals surface area contributed by atoms with Gasteiger partial charge in [-0.15, -0.1) is 0 Å². The molecule has 1 aromatic heterocycles. The molecule has 1 aliphatic rings. The first kappa shape index (κ1) is 13.4. The number of carbonyl (C=O) groups is 1. The van der Waals surface area contributed by atoms with Crippen molar-refractivity contribution in [1.82, 2.24) is 20.0 Å². The maximum atomic E-state index is 12.1. The molecule has 0 atom stereocenters. The molecule has 2 heterocycles. The first-order chi connectivity index (χ1) is 8.60. The average Bonchev–Trinajstić information content (AvgIpc) is 2.73. The molecular formula is C12H19ClN4O. The Morgan fingerprint density at radius 2 is 2.22 bits per heavy atom. The van der Waals surface area contributed by atoms with Crippen LogP contribution in [0.4, 0.5) is 0 Å². The minimum atomic E-state index is -0.165. The van der Waals surface area contributed by atoms with E-state index in [9.17, 15) is 4.79 Å². The van der Waals surface area contributed by atoms with Crippen LogP contribution in [0.5, 0.6) is 0 Å². The fraction of sp³-hybridized carbons (Fsp3) is 0.667. The number of halogens is 1. The summed E-state index contributed by atoms with van der Waals surface area (Å²) in [6.07, 6.45) is 3.65. The largest absolute Gasteiger partial charge is 0.348 e. The van der Waals surface area contributed by atoms with Crippen LogP contribution in [0, 0.1) is 0 Å². The Hall–Kier alpha value is -1.07. The molecular weight excluding hydrogens is 252 g/mol. The van der Waals surface area contributed by atoms with Gasteiger partial charge in [-0.2, -0.15) is 5.10 Å². The van der Waals surface area contributed by atoms with Crippen LogP contribution in [0.15, 0.2) is 6.20 Å². The van der Waals surface area contributed by atoms with Gasteiger partial charge in [0.1, 0.15) is 0 Å². The third-order valence-corrected chi connectivity index (χ3v) is 3.59. The van der Waals surface area contributed by atoms with Crippen LogP contribution in [-0.2, 0) is 6.54 Å². The van der Waals surface area contributed by atoms with Crippen molar-refractivity contribution < 1.29 is 4.79 Å². The Kier molecular flexibility index (Phi) is 4.24. The van der Waals surface area contributed by atoms with E-state index in [1.807, 2.05) is 6.92 Å². The number of piperidine rings is 1. The molecule has 1 fully saturated rings. The maximum Gasteiger partial charge on any atom is 0.273 e. The number of nitrogens with zero attached hydrogens (tertiary/aromatic N) is 3. The minimum absolute atomic E-state index is 0.165. The van der Waals surface area contributed by atoms with Crippen molar-refractivity contribution in [2.75, 3.05) is 20.1 Å². The molecule has 1 aromatic rings. The molecule has 1 aliphatic heterocycles. The second kappa shape index (κ2) is 5.71. The van der Waals surface area contributed by atoms with E-state index in [4.69, 9.17) is 11.6 Å². The first-order valence-electron chi connectivity index (χ1n) is 6.32. The zero-order chi connectivity index (χ0) is 13.1. The van der Waals surface area contributed by atoms with Crippen LogP contribution in [0.25, 0.3) is 0 Å². The van der Waals surface area contributed by atoms with Gasteiger partial charge in [0.2, 0.25) is 0 Å². The van der Waals surface area contributed by atoms with Crippen molar-refractivity contribution in [1.29, 1.82) is 0 Å². The summed E-state index contributed by atoms with van der Waals surface area (Å²) in [6.45, 7) is 4.70. The van der Waals surface area contributed by atoms with Gasteiger partial charge in [0.25, 0.3) is 5.91 Å². The third-order valence-electron chi connectivity index (χ3n) is 3.31. The van der Waals surface area contributed by atoms with Crippen LogP contribution in [0.1, 0.15) is 30.3 Å². The quantitative estimate of drug-likeness (QED) is 0.903. The molecule has 0 aromatic carbocycles. The summed E-state index contributed by atoms with van der Waals surface area (Å²) in [5.74, 6) is -0.165. The fourth-order valence-electron chi connectivity index (χ4n) is 2.12. The molecule has 0 aliphatic carbocycles. The van der Waals surface area contributed by atoms with Crippen LogP contribution in [0.2, 0.25) is 5.02 Å². The molecule has 5 nitrogen and oxygen atoms in total. The highest BCUT2D eigenvalue weighted by molar-refractivity contribution is 6.33. The van der Waals surface area contributed by atoms with Crippen molar-refractivity contribution in [3.05, 3.63) is 16.9 Å². The summed E-state index contributed by atoms with van der Waals surface area (Å²) in [5, 5.41) is 7.60. The second-order valence-corrected chi connectivity index (χ2v) is 5.14. The van der Waals surface area contributed by atoms with Crippen LogP contribution < -0.4 is 5.32 Å². The number of nitrogens with one attached hydrogen (secondary N) is 1. The summed E-state index contributed by atoms with van der Waals surface area (Å²) in [6, 6.07) is 0.233. The zero-order valence-electron chi connectivity index (χ0n) is 10.8. The number of amides is 1. The topological polar surface area (TPSA) is 50.2 Å². The van der Waals surface area contributed by atoms with Gasteiger partial charge in [0.05, 0.1) is 5.02 Å². The van der Waals surface area contributed by atoms with E-state index in [2.05, 4.69) is 22.4 Å². The summed E-state index contributed by atoms with van der Waals surface area (Å²) in [5.41, 5.74) is 0.331. The van der Waals surface area contributed by atoms with Crippen molar-refractivity contribution in [2.24, 2.45) is 0 Å². The Bertz CT molecular complexity index is 424. The van der Waals surface area contributed by atoms with Gasteiger partial charge >= 0.3 is 0 Å². The van der Waals surface area contributed by atoms with E-state index >= 15 is 0 Å². The van der Waals surface area contributed by atoms with E-state index in [1.165, 1.54) is 0 Å². The van der Waals surface area contributed by atoms with E-state index in [1.54, 1.807) is 10.9 Å². The Morgan fingerprint density at radius 1 is 1.56 bits per heavy atom. The van der Waals surface area contributed by atoms with Crippen molar-refractivity contribution in [2.45, 2.75) is 32.4 Å². The number of hydrogen-bond acceptors (Lipinski definition) is 3. The molecule has 0 unspecified atom stereocenters. The van der Waals surface area contributed by atoms with E-state index in [0.29, 0.717) is 17.3 Å². The molecule has 1 saturated heterocycles. The number of aromatic nitrogens is 2. The van der Waals surface area contributed by atoms with E-state index in [-0.39, 0.29) is 11.9 Å².